The molecular weight excluding hydrogens is 235 g/mol. The normalized spacial score (nSPS) is 10.6. The first-order chi connectivity index (χ1) is 8.52. The molecule has 2 rings (SSSR count). The van der Waals surface area contributed by atoms with Gasteiger partial charge in [0.05, 0.1) is 5.56 Å². The van der Waals surface area contributed by atoms with E-state index in [-0.39, 0.29) is 17.3 Å². The van der Waals surface area contributed by atoms with E-state index in [1.165, 1.54) is 12.1 Å². The highest BCUT2D eigenvalue weighted by molar-refractivity contribution is 5.60. The van der Waals surface area contributed by atoms with Crippen molar-refractivity contribution >= 4 is 0 Å². The van der Waals surface area contributed by atoms with Crippen molar-refractivity contribution in [2.24, 2.45) is 0 Å². The number of halogens is 1. The predicted octanol–water partition coefficient (Wildman–Crippen LogP) is 2.15. The van der Waals surface area contributed by atoms with E-state index in [1.807, 2.05) is 0 Å². The summed E-state index contributed by atoms with van der Waals surface area (Å²) in [5.74, 6) is -0.552. The number of rotatable bonds is 2. The molecule has 1 aromatic heterocycles. The third-order valence-corrected chi connectivity index (χ3v) is 2.80. The molecule has 0 aliphatic heterocycles. The Morgan fingerprint density at radius 2 is 2.17 bits per heavy atom. The van der Waals surface area contributed by atoms with Crippen LogP contribution in [0.25, 0.3) is 11.4 Å². The lowest BCUT2D eigenvalue weighted by Gasteiger charge is -2.07. The Kier molecular flexibility index (Phi) is 3.14. The summed E-state index contributed by atoms with van der Waals surface area (Å²) in [4.78, 5) is 18.2. The Labute approximate surface area is 103 Å². The SMILES string of the molecule is CCc1c(O)nc(-c2cc(F)ccc2C)[nH]c1=O. The van der Waals surface area contributed by atoms with Crippen LogP contribution in [0.1, 0.15) is 18.1 Å². The Morgan fingerprint density at radius 3 is 2.78 bits per heavy atom. The highest BCUT2D eigenvalue weighted by Crippen LogP contribution is 2.22. The molecule has 0 bridgehead atoms. The molecule has 1 heterocycles. The topological polar surface area (TPSA) is 66.0 Å². The fourth-order valence-electron chi connectivity index (χ4n) is 1.78. The van der Waals surface area contributed by atoms with Gasteiger partial charge in [-0.2, -0.15) is 4.98 Å². The fraction of sp³-hybridized carbons (Fsp3) is 0.231. The van der Waals surface area contributed by atoms with Crippen LogP contribution in [0.4, 0.5) is 4.39 Å². The lowest BCUT2D eigenvalue weighted by atomic mass is 10.1. The maximum Gasteiger partial charge on any atom is 0.258 e. The number of aromatic amines is 1. The van der Waals surface area contributed by atoms with Crippen molar-refractivity contribution in [3.05, 3.63) is 45.5 Å². The summed E-state index contributed by atoms with van der Waals surface area (Å²) in [6.45, 7) is 3.53. The maximum atomic E-state index is 13.2. The van der Waals surface area contributed by atoms with Crippen LogP contribution >= 0.6 is 0 Å². The van der Waals surface area contributed by atoms with E-state index >= 15 is 0 Å². The highest BCUT2D eigenvalue weighted by Gasteiger charge is 2.12. The molecule has 94 valence electrons. The minimum Gasteiger partial charge on any atom is -0.493 e. The molecule has 0 aliphatic rings. The lowest BCUT2D eigenvalue weighted by Crippen LogP contribution is -2.14. The zero-order valence-electron chi connectivity index (χ0n) is 10.1. The van der Waals surface area contributed by atoms with Gasteiger partial charge in [0.25, 0.3) is 5.56 Å². The Bertz CT molecular complexity index is 650. The summed E-state index contributed by atoms with van der Waals surface area (Å²) in [7, 11) is 0. The minimum atomic E-state index is -0.419. The zero-order chi connectivity index (χ0) is 13.3. The molecule has 0 saturated carbocycles. The summed E-state index contributed by atoms with van der Waals surface area (Å²) < 4.78 is 13.2. The molecule has 0 atom stereocenters. The second-order valence-corrected chi connectivity index (χ2v) is 4.03. The molecule has 5 heteroatoms. The average molecular weight is 248 g/mol. The molecule has 0 saturated heterocycles. The van der Waals surface area contributed by atoms with Gasteiger partial charge in [-0.25, -0.2) is 4.39 Å². The number of H-pyrrole nitrogens is 1. The summed E-state index contributed by atoms with van der Waals surface area (Å²) >= 11 is 0. The first-order valence-electron chi connectivity index (χ1n) is 5.61. The number of hydrogen-bond acceptors (Lipinski definition) is 3. The molecule has 2 N–H and O–H groups in total. The zero-order valence-corrected chi connectivity index (χ0v) is 10.1. The van der Waals surface area contributed by atoms with Gasteiger partial charge in [-0.15, -0.1) is 0 Å². The highest BCUT2D eigenvalue weighted by atomic mass is 19.1. The fourth-order valence-corrected chi connectivity index (χ4v) is 1.78. The van der Waals surface area contributed by atoms with Crippen LogP contribution in [0.15, 0.2) is 23.0 Å². The van der Waals surface area contributed by atoms with Crippen LogP contribution in [0.2, 0.25) is 0 Å². The largest absolute Gasteiger partial charge is 0.493 e. The van der Waals surface area contributed by atoms with Crippen LogP contribution in [-0.2, 0) is 6.42 Å². The standard InChI is InChI=1S/C13H13FN2O2/c1-3-9-12(17)15-11(16-13(9)18)10-6-8(14)5-4-7(10)2/h4-6H,3H2,1-2H3,(H2,15,16,17,18). The number of nitrogens with zero attached hydrogens (tertiary/aromatic N) is 1. The van der Waals surface area contributed by atoms with Crippen molar-refractivity contribution in [3.63, 3.8) is 0 Å². The van der Waals surface area contributed by atoms with Gasteiger partial charge < -0.3 is 10.1 Å². The van der Waals surface area contributed by atoms with Crippen molar-refractivity contribution in [1.29, 1.82) is 0 Å². The van der Waals surface area contributed by atoms with Gasteiger partial charge >= 0.3 is 0 Å². The maximum absolute atomic E-state index is 13.2. The molecule has 0 radical (unpaired) electrons. The molecule has 0 amide bonds. The van der Waals surface area contributed by atoms with Crippen molar-refractivity contribution in [1.82, 2.24) is 9.97 Å². The molecule has 1 aromatic carbocycles. The first-order valence-corrected chi connectivity index (χ1v) is 5.61. The van der Waals surface area contributed by atoms with E-state index in [9.17, 15) is 14.3 Å². The van der Waals surface area contributed by atoms with Gasteiger partial charge in [0, 0.05) is 5.56 Å². The van der Waals surface area contributed by atoms with Crippen LogP contribution in [0.3, 0.4) is 0 Å². The molecular formula is C13H13FN2O2. The number of aromatic nitrogens is 2. The average Bonchev–Trinajstić information content (AvgIpc) is 2.32. The number of aryl methyl sites for hydroxylation is 1. The second kappa shape index (κ2) is 4.60. The predicted molar refractivity (Wildman–Crippen MR) is 66.0 cm³/mol. The number of hydrogen-bond donors (Lipinski definition) is 2. The van der Waals surface area contributed by atoms with Gasteiger partial charge in [0.15, 0.2) is 0 Å². The third-order valence-electron chi connectivity index (χ3n) is 2.80. The van der Waals surface area contributed by atoms with Crippen molar-refractivity contribution in [2.45, 2.75) is 20.3 Å². The molecule has 0 aliphatic carbocycles. The third kappa shape index (κ3) is 2.11. The quantitative estimate of drug-likeness (QED) is 0.855. The van der Waals surface area contributed by atoms with Crippen LogP contribution < -0.4 is 5.56 Å². The number of nitrogens with one attached hydrogen (secondary N) is 1. The van der Waals surface area contributed by atoms with Gasteiger partial charge in [-0.1, -0.05) is 13.0 Å². The first kappa shape index (κ1) is 12.3. The van der Waals surface area contributed by atoms with Crippen molar-refractivity contribution in [2.75, 3.05) is 0 Å². The van der Waals surface area contributed by atoms with Crippen LogP contribution in [-0.4, -0.2) is 15.1 Å². The summed E-state index contributed by atoms with van der Waals surface area (Å²) in [5.41, 5.74) is 1.06. The number of aromatic hydroxyl groups is 1. The van der Waals surface area contributed by atoms with E-state index in [2.05, 4.69) is 9.97 Å². The van der Waals surface area contributed by atoms with E-state index in [0.717, 1.165) is 5.56 Å². The minimum absolute atomic E-state index is 0.173. The number of benzene rings is 1. The Balaban J connectivity index is 2.65. The molecule has 18 heavy (non-hydrogen) atoms. The van der Waals surface area contributed by atoms with Gasteiger partial charge in [0.2, 0.25) is 5.88 Å². The molecule has 2 aromatic rings. The Morgan fingerprint density at radius 1 is 1.44 bits per heavy atom. The van der Waals surface area contributed by atoms with Gasteiger partial charge in [0.1, 0.15) is 11.6 Å². The molecule has 0 spiro atoms. The smallest absolute Gasteiger partial charge is 0.258 e. The monoisotopic (exact) mass is 248 g/mol. The van der Waals surface area contributed by atoms with Crippen LogP contribution in [0, 0.1) is 12.7 Å². The molecule has 0 fully saturated rings. The van der Waals surface area contributed by atoms with Gasteiger partial charge in [-0.3, -0.25) is 4.79 Å². The van der Waals surface area contributed by atoms with E-state index in [4.69, 9.17) is 0 Å². The summed E-state index contributed by atoms with van der Waals surface area (Å²) in [5, 5.41) is 9.67. The molecule has 0 unspecified atom stereocenters. The molecule has 4 nitrogen and oxygen atoms in total. The Hall–Kier alpha value is -2.17. The van der Waals surface area contributed by atoms with Crippen molar-refractivity contribution < 1.29 is 9.50 Å². The van der Waals surface area contributed by atoms with Gasteiger partial charge in [-0.05, 0) is 31.0 Å². The van der Waals surface area contributed by atoms with E-state index in [1.54, 1.807) is 19.9 Å². The van der Waals surface area contributed by atoms with E-state index in [0.29, 0.717) is 12.0 Å². The summed E-state index contributed by atoms with van der Waals surface area (Å²) in [6, 6.07) is 4.20. The van der Waals surface area contributed by atoms with E-state index < -0.39 is 11.4 Å². The summed E-state index contributed by atoms with van der Waals surface area (Å²) in [6.07, 6.45) is 0.385. The van der Waals surface area contributed by atoms with Crippen molar-refractivity contribution in [3.8, 4) is 17.3 Å². The second-order valence-electron chi connectivity index (χ2n) is 4.03. The lowest BCUT2D eigenvalue weighted by molar-refractivity contribution is 0.444. The van der Waals surface area contributed by atoms with Crippen LogP contribution in [0.5, 0.6) is 5.88 Å².